The van der Waals surface area contributed by atoms with Crippen molar-refractivity contribution in [1.82, 2.24) is 4.98 Å². The van der Waals surface area contributed by atoms with Crippen LogP contribution in [-0.2, 0) is 11.0 Å². The number of halogens is 4. The number of alkyl halides is 3. The third-order valence-corrected chi connectivity index (χ3v) is 3.96. The lowest BCUT2D eigenvalue weighted by Gasteiger charge is -2.14. The van der Waals surface area contributed by atoms with Crippen molar-refractivity contribution in [2.24, 2.45) is 5.16 Å². The number of hydrogen-bond acceptors (Lipinski definition) is 4. The molecule has 0 aliphatic carbocycles. The third-order valence-electron chi connectivity index (χ3n) is 3.49. The van der Waals surface area contributed by atoms with Gasteiger partial charge in [-0.1, -0.05) is 17.3 Å². The number of nitrogens with zero attached hydrogens (tertiary/aromatic N) is 2. The molecule has 4 nitrogen and oxygen atoms in total. The zero-order valence-corrected chi connectivity index (χ0v) is 14.1. The lowest BCUT2D eigenvalue weighted by molar-refractivity contribution is -0.137. The summed E-state index contributed by atoms with van der Waals surface area (Å²) in [4.78, 5) is 9.13. The van der Waals surface area contributed by atoms with Crippen LogP contribution in [0.3, 0.4) is 0 Å². The fraction of sp³-hybridized carbons (Fsp3) is 0.250. The molecule has 1 atom stereocenters. The summed E-state index contributed by atoms with van der Waals surface area (Å²) in [6.07, 6.45) is -3.04. The fourth-order valence-corrected chi connectivity index (χ4v) is 2.59. The van der Waals surface area contributed by atoms with E-state index in [2.05, 4.69) is 26.1 Å². The monoisotopic (exact) mass is 400 g/mol. The summed E-state index contributed by atoms with van der Waals surface area (Å²) in [7, 11) is 0. The van der Waals surface area contributed by atoms with E-state index in [1.54, 1.807) is 13.0 Å². The lowest BCUT2D eigenvalue weighted by atomic mass is 10.0. The summed E-state index contributed by atoms with van der Waals surface area (Å²) in [6, 6.07) is 7.18. The first-order valence-corrected chi connectivity index (χ1v) is 7.82. The SMILES string of the molecule is Cc1ccc([C@@H]2CC(Br)=NO2)cc1Oc1cc(C(F)(F)F)ccn1. The molecule has 0 saturated heterocycles. The average molecular weight is 401 g/mol. The van der Waals surface area contributed by atoms with Crippen LogP contribution in [0.5, 0.6) is 11.6 Å². The molecule has 0 unspecified atom stereocenters. The maximum atomic E-state index is 12.8. The van der Waals surface area contributed by atoms with E-state index in [-0.39, 0.29) is 12.0 Å². The average Bonchev–Trinajstić information content (AvgIpc) is 2.95. The van der Waals surface area contributed by atoms with Crippen LogP contribution in [0.2, 0.25) is 0 Å². The smallest absolute Gasteiger partial charge is 0.416 e. The van der Waals surface area contributed by atoms with Crippen molar-refractivity contribution in [1.29, 1.82) is 0 Å². The molecule has 0 spiro atoms. The second-order valence-electron chi connectivity index (χ2n) is 5.27. The Hall–Kier alpha value is -2.09. The minimum atomic E-state index is -4.45. The number of aromatic nitrogens is 1. The zero-order chi connectivity index (χ0) is 17.3. The quantitative estimate of drug-likeness (QED) is 0.695. The predicted molar refractivity (Wildman–Crippen MR) is 85.3 cm³/mol. The fourth-order valence-electron chi connectivity index (χ4n) is 2.21. The highest BCUT2D eigenvalue weighted by molar-refractivity contribution is 9.18. The van der Waals surface area contributed by atoms with Crippen molar-refractivity contribution in [2.75, 3.05) is 0 Å². The largest absolute Gasteiger partial charge is 0.439 e. The number of pyridine rings is 1. The first-order chi connectivity index (χ1) is 11.3. The Labute approximate surface area is 144 Å². The molecule has 0 saturated carbocycles. The van der Waals surface area contributed by atoms with Gasteiger partial charge in [-0.2, -0.15) is 13.2 Å². The Morgan fingerprint density at radius 2 is 2.04 bits per heavy atom. The van der Waals surface area contributed by atoms with E-state index in [9.17, 15) is 13.2 Å². The van der Waals surface area contributed by atoms with Crippen LogP contribution in [0.4, 0.5) is 13.2 Å². The molecule has 3 rings (SSSR count). The first kappa shape index (κ1) is 16.8. The molecule has 0 amide bonds. The van der Waals surface area contributed by atoms with Crippen molar-refractivity contribution in [2.45, 2.75) is 25.6 Å². The Bertz CT molecular complexity index is 793. The summed E-state index contributed by atoms with van der Waals surface area (Å²) >= 11 is 3.27. The summed E-state index contributed by atoms with van der Waals surface area (Å²) in [5.41, 5.74) is 0.787. The molecule has 1 aromatic heterocycles. The van der Waals surface area contributed by atoms with Gasteiger partial charge in [0.2, 0.25) is 5.88 Å². The number of aryl methyl sites for hydroxylation is 1. The third kappa shape index (κ3) is 3.69. The number of rotatable bonds is 3. The highest BCUT2D eigenvalue weighted by atomic mass is 79.9. The molecule has 0 fully saturated rings. The molecular weight excluding hydrogens is 389 g/mol. The van der Waals surface area contributed by atoms with Crippen LogP contribution in [0.25, 0.3) is 0 Å². The highest BCUT2D eigenvalue weighted by Crippen LogP contribution is 2.35. The second kappa shape index (κ2) is 6.43. The zero-order valence-electron chi connectivity index (χ0n) is 12.5. The molecular formula is C16H12BrF3N2O2. The number of ether oxygens (including phenoxy) is 1. The van der Waals surface area contributed by atoms with Crippen LogP contribution in [-0.4, -0.2) is 9.60 Å². The van der Waals surface area contributed by atoms with Gasteiger partial charge in [0.25, 0.3) is 0 Å². The van der Waals surface area contributed by atoms with E-state index in [1.807, 2.05) is 12.1 Å². The van der Waals surface area contributed by atoms with Gasteiger partial charge in [0.05, 0.1) is 5.56 Å². The minimum absolute atomic E-state index is 0.116. The van der Waals surface area contributed by atoms with Gasteiger partial charge in [-0.15, -0.1) is 0 Å². The van der Waals surface area contributed by atoms with Gasteiger partial charge < -0.3 is 9.57 Å². The summed E-state index contributed by atoms with van der Waals surface area (Å²) in [6.45, 7) is 1.80. The number of benzene rings is 1. The van der Waals surface area contributed by atoms with Gasteiger partial charge in [0.1, 0.15) is 10.4 Å². The normalized spacial score (nSPS) is 17.4. The Morgan fingerprint density at radius 1 is 1.25 bits per heavy atom. The van der Waals surface area contributed by atoms with E-state index in [0.29, 0.717) is 16.8 Å². The van der Waals surface area contributed by atoms with Gasteiger partial charge in [-0.05, 0) is 46.1 Å². The van der Waals surface area contributed by atoms with Crippen LogP contribution in [0.1, 0.15) is 29.2 Å². The summed E-state index contributed by atoms with van der Waals surface area (Å²) < 4.78 is 44.6. The maximum Gasteiger partial charge on any atom is 0.416 e. The van der Waals surface area contributed by atoms with E-state index in [1.165, 1.54) is 0 Å². The molecule has 0 bridgehead atoms. The van der Waals surface area contributed by atoms with Gasteiger partial charge >= 0.3 is 6.18 Å². The van der Waals surface area contributed by atoms with Gasteiger partial charge in [0, 0.05) is 18.7 Å². The van der Waals surface area contributed by atoms with Crippen molar-refractivity contribution < 1.29 is 22.7 Å². The Balaban J connectivity index is 1.85. The predicted octanol–water partition coefficient (Wildman–Crippen LogP) is 5.37. The van der Waals surface area contributed by atoms with Gasteiger partial charge in [0.15, 0.2) is 6.10 Å². The van der Waals surface area contributed by atoms with Crippen molar-refractivity contribution in [3.63, 3.8) is 0 Å². The van der Waals surface area contributed by atoms with E-state index in [4.69, 9.17) is 9.57 Å². The van der Waals surface area contributed by atoms with Crippen LogP contribution < -0.4 is 4.74 Å². The van der Waals surface area contributed by atoms with Crippen LogP contribution in [0.15, 0.2) is 41.7 Å². The molecule has 2 aromatic rings. The Kier molecular flexibility index (Phi) is 4.49. The first-order valence-electron chi connectivity index (χ1n) is 7.03. The van der Waals surface area contributed by atoms with E-state index < -0.39 is 11.7 Å². The van der Waals surface area contributed by atoms with Gasteiger partial charge in [-0.3, -0.25) is 0 Å². The van der Waals surface area contributed by atoms with Crippen LogP contribution in [0, 0.1) is 6.92 Å². The summed E-state index contributed by atoms with van der Waals surface area (Å²) in [5, 5.41) is 3.82. The molecule has 1 aliphatic rings. The number of hydrogen-bond donors (Lipinski definition) is 0. The molecule has 1 aromatic carbocycles. The van der Waals surface area contributed by atoms with Crippen molar-refractivity contribution >= 4 is 20.6 Å². The topological polar surface area (TPSA) is 43.7 Å². The molecule has 0 N–H and O–H groups in total. The molecule has 126 valence electrons. The molecule has 24 heavy (non-hydrogen) atoms. The standard InChI is InChI=1S/C16H12BrF3N2O2/c1-9-2-3-10(13-8-14(17)22-24-13)6-12(9)23-15-7-11(4-5-21-15)16(18,19)20/h2-7,13H,8H2,1H3/t13-/m0/s1. The van der Waals surface area contributed by atoms with Crippen molar-refractivity contribution in [3.05, 3.63) is 53.2 Å². The summed E-state index contributed by atoms with van der Waals surface area (Å²) in [5.74, 6) is 0.306. The highest BCUT2D eigenvalue weighted by Gasteiger charge is 2.31. The number of oxime groups is 1. The molecule has 8 heteroatoms. The molecule has 1 aliphatic heterocycles. The minimum Gasteiger partial charge on any atom is -0.439 e. The lowest BCUT2D eigenvalue weighted by Crippen LogP contribution is -2.05. The Morgan fingerprint density at radius 3 is 2.71 bits per heavy atom. The van der Waals surface area contributed by atoms with E-state index in [0.717, 1.165) is 29.5 Å². The molecule has 0 radical (unpaired) electrons. The van der Waals surface area contributed by atoms with Crippen LogP contribution >= 0.6 is 15.9 Å². The second-order valence-corrected chi connectivity index (χ2v) is 6.19. The van der Waals surface area contributed by atoms with E-state index >= 15 is 0 Å². The van der Waals surface area contributed by atoms with Gasteiger partial charge in [-0.25, -0.2) is 4.98 Å². The van der Waals surface area contributed by atoms with Crippen molar-refractivity contribution in [3.8, 4) is 11.6 Å². The molecule has 2 heterocycles. The maximum absolute atomic E-state index is 12.8.